The molecule has 57 heavy (non-hydrogen) atoms. The Morgan fingerprint density at radius 1 is 0.316 bits per heavy atom. The van der Waals surface area contributed by atoms with Crippen LogP contribution in [0.25, 0.3) is 75.8 Å². The fourth-order valence-corrected chi connectivity index (χ4v) is 9.55. The number of hydrogen-bond donors (Lipinski definition) is 0. The largest absolute Gasteiger partial charge is 0.456 e. The Balaban J connectivity index is 1.03. The minimum Gasteiger partial charge on any atom is -0.456 e. The number of rotatable bonds is 6. The molecule has 0 fully saturated rings. The van der Waals surface area contributed by atoms with Crippen molar-refractivity contribution in [3.8, 4) is 67.1 Å². The molecule has 2 nitrogen and oxygen atoms in total. The van der Waals surface area contributed by atoms with Gasteiger partial charge in [0.15, 0.2) is 0 Å². The van der Waals surface area contributed by atoms with Crippen molar-refractivity contribution < 1.29 is 4.74 Å². The number of hydrogen-bond acceptors (Lipinski definition) is 3. The zero-order valence-electron chi connectivity index (χ0n) is 31.0. The predicted molar refractivity (Wildman–Crippen MR) is 241 cm³/mol. The molecule has 3 heteroatoms. The van der Waals surface area contributed by atoms with Crippen LogP contribution in [0.5, 0.6) is 11.5 Å². The van der Waals surface area contributed by atoms with Gasteiger partial charge in [-0.3, -0.25) is 0 Å². The molecule has 268 valence electrons. The first-order chi connectivity index (χ1) is 28.2. The predicted octanol–water partition coefficient (Wildman–Crippen LogP) is 16.0. The topological polar surface area (TPSA) is 12.5 Å². The minimum atomic E-state index is 0.835. The molecule has 10 aromatic rings. The molecule has 0 radical (unpaired) electrons. The van der Waals surface area contributed by atoms with E-state index in [1.54, 1.807) is 0 Å². The first-order valence-corrected chi connectivity index (χ1v) is 20.1. The average Bonchev–Trinajstić information content (AvgIpc) is 3.61. The lowest BCUT2D eigenvalue weighted by Gasteiger charge is -2.27. The second kappa shape index (κ2) is 13.8. The third-order valence-electron chi connectivity index (χ3n) is 11.1. The summed E-state index contributed by atoms with van der Waals surface area (Å²) in [5.74, 6) is 1.69. The molecule has 0 bridgehead atoms. The molecule has 2 heterocycles. The third-order valence-corrected chi connectivity index (χ3v) is 12.3. The van der Waals surface area contributed by atoms with Gasteiger partial charge in [-0.15, -0.1) is 11.3 Å². The standard InChI is InChI=1S/C54H35NOS/c1-3-12-36(13-4-1)38-22-27-41(28-23-38)55(42-29-24-39(25-30-42)44-19-11-20-49-48-18-9-10-21-53(48)57-54(44)49)43-31-33-51-50(35-43)46-17-8-7-16-45(46)47-32-26-40(34-52(47)56-51)37-14-5-2-6-15-37/h1-35H. The lowest BCUT2D eigenvalue weighted by molar-refractivity contribution is 0.488. The first kappa shape index (κ1) is 33.2. The Labute approximate surface area is 336 Å². The Hall–Kier alpha value is -7.20. The fraction of sp³-hybridized carbons (Fsp3) is 0. The molecule has 0 amide bonds. The molecular weight excluding hydrogens is 711 g/mol. The number of fused-ring (bicyclic) bond motifs is 8. The molecule has 0 unspecified atom stereocenters. The van der Waals surface area contributed by atoms with Crippen LogP contribution in [0.2, 0.25) is 0 Å². The molecule has 0 aliphatic carbocycles. The first-order valence-electron chi connectivity index (χ1n) is 19.3. The van der Waals surface area contributed by atoms with Gasteiger partial charge in [-0.1, -0.05) is 152 Å². The lowest BCUT2D eigenvalue weighted by atomic mass is 9.93. The van der Waals surface area contributed by atoms with E-state index in [9.17, 15) is 0 Å². The van der Waals surface area contributed by atoms with Gasteiger partial charge in [0, 0.05) is 48.4 Å². The highest BCUT2D eigenvalue weighted by Crippen LogP contribution is 2.50. The Kier molecular flexibility index (Phi) is 8.04. The van der Waals surface area contributed by atoms with Crippen LogP contribution in [-0.2, 0) is 0 Å². The van der Waals surface area contributed by atoms with Gasteiger partial charge in [-0.2, -0.15) is 0 Å². The molecule has 9 aromatic carbocycles. The smallest absolute Gasteiger partial charge is 0.135 e. The molecule has 0 saturated carbocycles. The lowest BCUT2D eigenvalue weighted by Crippen LogP contribution is -2.10. The van der Waals surface area contributed by atoms with Gasteiger partial charge >= 0.3 is 0 Å². The SMILES string of the molecule is c1ccc(-c2ccc(N(c3ccc(-c4cccc5c4sc4ccccc45)cc3)c3ccc4c(c3)-c3ccccc3-c3ccc(-c5ccccc5)cc3O4)cc2)cc1. The summed E-state index contributed by atoms with van der Waals surface area (Å²) in [6.45, 7) is 0. The second-order valence-electron chi connectivity index (χ2n) is 14.5. The quantitative estimate of drug-likeness (QED) is 0.168. The van der Waals surface area contributed by atoms with E-state index in [0.717, 1.165) is 61.9 Å². The van der Waals surface area contributed by atoms with E-state index in [4.69, 9.17) is 4.74 Å². The van der Waals surface area contributed by atoms with Crippen molar-refractivity contribution in [2.45, 2.75) is 0 Å². The molecule has 0 atom stereocenters. The van der Waals surface area contributed by atoms with E-state index in [2.05, 4.69) is 217 Å². The summed E-state index contributed by atoms with van der Waals surface area (Å²) in [6.07, 6.45) is 0. The zero-order valence-corrected chi connectivity index (χ0v) is 31.8. The van der Waals surface area contributed by atoms with Crippen LogP contribution < -0.4 is 9.64 Å². The molecule has 0 spiro atoms. The molecular formula is C54H35NOS. The molecule has 0 saturated heterocycles. The fourth-order valence-electron chi connectivity index (χ4n) is 8.31. The van der Waals surface area contributed by atoms with Crippen molar-refractivity contribution >= 4 is 48.6 Å². The van der Waals surface area contributed by atoms with Crippen LogP contribution in [0.3, 0.4) is 0 Å². The summed E-state index contributed by atoms with van der Waals surface area (Å²) in [4.78, 5) is 2.35. The number of thiophene rings is 1. The number of benzene rings is 9. The van der Waals surface area contributed by atoms with E-state index in [1.807, 2.05) is 11.3 Å². The molecule has 1 aliphatic heterocycles. The van der Waals surface area contributed by atoms with E-state index >= 15 is 0 Å². The summed E-state index contributed by atoms with van der Waals surface area (Å²) in [5, 5.41) is 2.62. The summed E-state index contributed by atoms with van der Waals surface area (Å²) >= 11 is 1.87. The van der Waals surface area contributed by atoms with Crippen LogP contribution in [0, 0.1) is 0 Å². The normalized spacial score (nSPS) is 11.6. The summed E-state index contributed by atoms with van der Waals surface area (Å²) in [7, 11) is 0. The molecule has 0 N–H and O–H groups in total. The van der Waals surface area contributed by atoms with Crippen LogP contribution in [0.4, 0.5) is 17.1 Å². The molecule has 1 aliphatic rings. The minimum absolute atomic E-state index is 0.835. The van der Waals surface area contributed by atoms with Gasteiger partial charge < -0.3 is 9.64 Å². The maximum atomic E-state index is 6.86. The highest BCUT2D eigenvalue weighted by atomic mass is 32.1. The van der Waals surface area contributed by atoms with Gasteiger partial charge in [0.1, 0.15) is 11.5 Å². The number of ether oxygens (including phenoxy) is 1. The van der Waals surface area contributed by atoms with Crippen LogP contribution in [0.15, 0.2) is 212 Å². The second-order valence-corrected chi connectivity index (χ2v) is 15.5. The highest BCUT2D eigenvalue weighted by molar-refractivity contribution is 7.26. The van der Waals surface area contributed by atoms with Crippen molar-refractivity contribution in [3.05, 3.63) is 212 Å². The maximum Gasteiger partial charge on any atom is 0.135 e. The van der Waals surface area contributed by atoms with Crippen LogP contribution in [-0.4, -0.2) is 0 Å². The van der Waals surface area contributed by atoms with E-state index < -0.39 is 0 Å². The highest BCUT2D eigenvalue weighted by Gasteiger charge is 2.24. The van der Waals surface area contributed by atoms with Crippen LogP contribution >= 0.6 is 11.3 Å². The van der Waals surface area contributed by atoms with Crippen molar-refractivity contribution in [3.63, 3.8) is 0 Å². The Bertz CT molecular complexity index is 3080. The monoisotopic (exact) mass is 745 g/mol. The van der Waals surface area contributed by atoms with Gasteiger partial charge in [-0.25, -0.2) is 0 Å². The van der Waals surface area contributed by atoms with Gasteiger partial charge in [0.2, 0.25) is 0 Å². The van der Waals surface area contributed by atoms with Crippen molar-refractivity contribution in [1.29, 1.82) is 0 Å². The van der Waals surface area contributed by atoms with E-state index in [0.29, 0.717) is 0 Å². The van der Waals surface area contributed by atoms with Gasteiger partial charge in [0.25, 0.3) is 0 Å². The molecule has 11 rings (SSSR count). The van der Waals surface area contributed by atoms with Crippen LogP contribution in [0.1, 0.15) is 0 Å². The van der Waals surface area contributed by atoms with E-state index in [1.165, 1.54) is 42.4 Å². The average molecular weight is 746 g/mol. The van der Waals surface area contributed by atoms with E-state index in [-0.39, 0.29) is 0 Å². The summed E-state index contributed by atoms with van der Waals surface area (Å²) < 4.78 is 9.50. The Morgan fingerprint density at radius 3 is 1.60 bits per heavy atom. The van der Waals surface area contributed by atoms with Crippen molar-refractivity contribution in [2.24, 2.45) is 0 Å². The number of anilines is 3. The van der Waals surface area contributed by atoms with Crippen molar-refractivity contribution in [2.75, 3.05) is 4.90 Å². The third kappa shape index (κ3) is 5.88. The van der Waals surface area contributed by atoms with Gasteiger partial charge in [-0.05, 0) is 105 Å². The molecule has 1 aromatic heterocycles. The summed E-state index contributed by atoms with van der Waals surface area (Å²) in [6, 6.07) is 76.2. The Morgan fingerprint density at radius 2 is 0.860 bits per heavy atom. The van der Waals surface area contributed by atoms with Crippen molar-refractivity contribution in [1.82, 2.24) is 0 Å². The summed E-state index contributed by atoms with van der Waals surface area (Å²) in [5.41, 5.74) is 14.8. The maximum absolute atomic E-state index is 6.86. The zero-order chi connectivity index (χ0) is 37.7. The number of nitrogens with zero attached hydrogens (tertiary/aromatic N) is 1. The van der Waals surface area contributed by atoms with Gasteiger partial charge in [0.05, 0.1) is 0 Å².